The number of nitrogens with zero attached hydrogens (tertiary/aromatic N) is 1. The van der Waals surface area contributed by atoms with E-state index in [1.807, 2.05) is 25.1 Å². The second-order valence-electron chi connectivity index (χ2n) is 4.44. The lowest BCUT2D eigenvalue weighted by atomic mass is 10.1. The van der Waals surface area contributed by atoms with Gasteiger partial charge in [-0.15, -0.1) is 0 Å². The summed E-state index contributed by atoms with van der Waals surface area (Å²) < 4.78 is 0. The third kappa shape index (κ3) is 2.15. The molecule has 3 rings (SSSR count). The molecule has 0 aliphatic carbocycles. The molecular weight excluding hydrogens is 281 g/mol. The van der Waals surface area contributed by atoms with E-state index in [1.54, 1.807) is 12.1 Å². The van der Waals surface area contributed by atoms with E-state index in [-0.39, 0.29) is 0 Å². The molecule has 0 saturated heterocycles. The fourth-order valence-electron chi connectivity index (χ4n) is 2.03. The third-order valence-corrected chi connectivity index (χ3v) is 3.76. The summed E-state index contributed by atoms with van der Waals surface area (Å²) in [5, 5.41) is 1.00. The van der Waals surface area contributed by atoms with Crippen molar-refractivity contribution >= 4 is 39.9 Å². The molecule has 0 aliphatic rings. The van der Waals surface area contributed by atoms with E-state index in [4.69, 9.17) is 28.9 Å². The Kier molecular flexibility index (Phi) is 2.88. The van der Waals surface area contributed by atoms with Crippen LogP contribution in [0.5, 0.6) is 0 Å². The third-order valence-electron chi connectivity index (χ3n) is 3.04. The standard InChI is InChI=1S/C14H11Cl2N3/c1-7-2-3-8(17)4-9(7)14-18-12-5-10(15)11(16)6-13(12)19-14/h2-6H,17H2,1H3,(H,18,19). The van der Waals surface area contributed by atoms with Crippen molar-refractivity contribution in [2.75, 3.05) is 5.73 Å². The van der Waals surface area contributed by atoms with Crippen LogP contribution in [0.15, 0.2) is 30.3 Å². The molecule has 96 valence electrons. The number of fused-ring (bicyclic) bond motifs is 1. The average Bonchev–Trinajstić information content (AvgIpc) is 2.75. The Balaban J connectivity index is 2.23. The minimum absolute atomic E-state index is 0.497. The van der Waals surface area contributed by atoms with Gasteiger partial charge in [-0.1, -0.05) is 29.3 Å². The zero-order valence-electron chi connectivity index (χ0n) is 10.2. The minimum atomic E-state index is 0.497. The molecule has 0 radical (unpaired) electrons. The highest BCUT2D eigenvalue weighted by molar-refractivity contribution is 6.42. The lowest BCUT2D eigenvalue weighted by Crippen LogP contribution is -1.90. The number of aromatic nitrogens is 2. The summed E-state index contributed by atoms with van der Waals surface area (Å²) in [7, 11) is 0. The number of imidazole rings is 1. The van der Waals surface area contributed by atoms with Crippen LogP contribution in [0.2, 0.25) is 10.0 Å². The number of anilines is 1. The summed E-state index contributed by atoms with van der Waals surface area (Å²) in [6.45, 7) is 2.02. The van der Waals surface area contributed by atoms with E-state index in [1.165, 1.54) is 0 Å². The lowest BCUT2D eigenvalue weighted by molar-refractivity contribution is 1.31. The number of rotatable bonds is 1. The van der Waals surface area contributed by atoms with Gasteiger partial charge in [-0.2, -0.15) is 0 Å². The second-order valence-corrected chi connectivity index (χ2v) is 5.26. The van der Waals surface area contributed by atoms with Crippen LogP contribution >= 0.6 is 23.2 Å². The molecule has 3 aromatic rings. The summed E-state index contributed by atoms with van der Waals surface area (Å²) >= 11 is 12.0. The monoisotopic (exact) mass is 291 g/mol. The molecule has 0 bridgehead atoms. The Labute approximate surface area is 120 Å². The van der Waals surface area contributed by atoms with Crippen LogP contribution in [0.3, 0.4) is 0 Å². The van der Waals surface area contributed by atoms with Gasteiger partial charge in [0.05, 0.1) is 21.1 Å². The number of hydrogen-bond acceptors (Lipinski definition) is 2. The zero-order chi connectivity index (χ0) is 13.6. The summed E-state index contributed by atoms with van der Waals surface area (Å²) in [5.41, 5.74) is 10.2. The minimum Gasteiger partial charge on any atom is -0.399 e. The molecule has 3 nitrogen and oxygen atoms in total. The molecule has 0 amide bonds. The van der Waals surface area contributed by atoms with Crippen molar-refractivity contribution in [1.29, 1.82) is 0 Å². The first-order valence-corrected chi connectivity index (χ1v) is 6.51. The smallest absolute Gasteiger partial charge is 0.138 e. The molecule has 5 heteroatoms. The molecule has 0 fully saturated rings. The van der Waals surface area contributed by atoms with Crippen molar-refractivity contribution < 1.29 is 0 Å². The first-order chi connectivity index (χ1) is 9.04. The first-order valence-electron chi connectivity index (χ1n) is 5.76. The molecular formula is C14H11Cl2N3. The van der Waals surface area contributed by atoms with Gasteiger partial charge in [-0.3, -0.25) is 0 Å². The normalized spacial score (nSPS) is 11.1. The van der Waals surface area contributed by atoms with Crippen LogP contribution in [0.1, 0.15) is 5.56 Å². The summed E-state index contributed by atoms with van der Waals surface area (Å²) in [4.78, 5) is 7.77. The van der Waals surface area contributed by atoms with Crippen molar-refractivity contribution in [3.8, 4) is 11.4 Å². The van der Waals surface area contributed by atoms with Crippen LogP contribution in [-0.4, -0.2) is 9.97 Å². The van der Waals surface area contributed by atoms with Gasteiger partial charge in [0.15, 0.2) is 0 Å². The van der Waals surface area contributed by atoms with Crippen LogP contribution in [0.4, 0.5) is 5.69 Å². The van der Waals surface area contributed by atoms with Crippen molar-refractivity contribution in [2.45, 2.75) is 6.92 Å². The number of aryl methyl sites for hydroxylation is 1. The summed E-state index contributed by atoms with van der Waals surface area (Å²) in [6.07, 6.45) is 0. The molecule has 3 N–H and O–H groups in total. The molecule has 1 aromatic heterocycles. The first kappa shape index (κ1) is 12.3. The van der Waals surface area contributed by atoms with Gasteiger partial charge in [0.2, 0.25) is 0 Å². The van der Waals surface area contributed by atoms with Gasteiger partial charge >= 0.3 is 0 Å². The lowest BCUT2D eigenvalue weighted by Gasteiger charge is -2.03. The van der Waals surface area contributed by atoms with Crippen molar-refractivity contribution in [1.82, 2.24) is 9.97 Å². The largest absolute Gasteiger partial charge is 0.399 e. The van der Waals surface area contributed by atoms with E-state index in [2.05, 4.69) is 9.97 Å². The Morgan fingerprint density at radius 1 is 1.11 bits per heavy atom. The highest BCUT2D eigenvalue weighted by Crippen LogP contribution is 2.30. The molecule has 0 atom stereocenters. The Morgan fingerprint density at radius 3 is 2.63 bits per heavy atom. The highest BCUT2D eigenvalue weighted by atomic mass is 35.5. The molecule has 0 unspecified atom stereocenters. The van der Waals surface area contributed by atoms with E-state index in [9.17, 15) is 0 Å². The number of nitrogens with one attached hydrogen (secondary N) is 1. The predicted molar refractivity (Wildman–Crippen MR) is 80.7 cm³/mol. The predicted octanol–water partition coefficient (Wildman–Crippen LogP) is 4.43. The maximum atomic E-state index is 6.00. The number of benzene rings is 2. The van der Waals surface area contributed by atoms with Crippen molar-refractivity contribution in [3.63, 3.8) is 0 Å². The Morgan fingerprint density at radius 2 is 1.84 bits per heavy atom. The second kappa shape index (κ2) is 4.44. The summed E-state index contributed by atoms with van der Waals surface area (Å²) in [6, 6.07) is 9.27. The fourth-order valence-corrected chi connectivity index (χ4v) is 2.35. The molecule has 1 heterocycles. The molecule has 2 aromatic carbocycles. The summed E-state index contributed by atoms with van der Waals surface area (Å²) in [5.74, 6) is 0.762. The molecule has 0 aliphatic heterocycles. The average molecular weight is 292 g/mol. The Bertz CT molecular complexity index is 739. The van der Waals surface area contributed by atoms with Gasteiger partial charge < -0.3 is 10.7 Å². The molecule has 19 heavy (non-hydrogen) atoms. The number of hydrogen-bond donors (Lipinski definition) is 2. The van der Waals surface area contributed by atoms with E-state index in [0.29, 0.717) is 15.7 Å². The Hall–Kier alpha value is -1.71. The van der Waals surface area contributed by atoms with E-state index in [0.717, 1.165) is 28.0 Å². The van der Waals surface area contributed by atoms with Gasteiger partial charge in [-0.25, -0.2) is 4.98 Å². The SMILES string of the molecule is Cc1ccc(N)cc1-c1nc2cc(Cl)c(Cl)cc2[nH]1. The van der Waals surface area contributed by atoms with Crippen LogP contribution in [0.25, 0.3) is 22.4 Å². The molecule has 0 spiro atoms. The van der Waals surface area contributed by atoms with Crippen LogP contribution < -0.4 is 5.73 Å². The van der Waals surface area contributed by atoms with Gasteiger partial charge in [0.1, 0.15) is 5.82 Å². The highest BCUT2D eigenvalue weighted by Gasteiger charge is 2.10. The fraction of sp³-hybridized carbons (Fsp3) is 0.0714. The van der Waals surface area contributed by atoms with Gasteiger partial charge in [0.25, 0.3) is 0 Å². The van der Waals surface area contributed by atoms with Crippen molar-refractivity contribution in [2.24, 2.45) is 0 Å². The number of halogens is 2. The quantitative estimate of drug-likeness (QED) is 0.652. The number of aromatic amines is 1. The maximum Gasteiger partial charge on any atom is 0.138 e. The van der Waals surface area contributed by atoms with E-state index < -0.39 is 0 Å². The van der Waals surface area contributed by atoms with Gasteiger partial charge in [0, 0.05) is 11.3 Å². The maximum absolute atomic E-state index is 6.00. The molecule has 0 saturated carbocycles. The number of nitrogen functional groups attached to an aromatic ring is 1. The number of nitrogens with two attached hydrogens (primary N) is 1. The number of H-pyrrole nitrogens is 1. The van der Waals surface area contributed by atoms with Crippen LogP contribution in [-0.2, 0) is 0 Å². The van der Waals surface area contributed by atoms with E-state index >= 15 is 0 Å². The topological polar surface area (TPSA) is 54.7 Å². The van der Waals surface area contributed by atoms with Crippen molar-refractivity contribution in [3.05, 3.63) is 45.9 Å². The van der Waals surface area contributed by atoms with Gasteiger partial charge in [-0.05, 0) is 36.8 Å². The zero-order valence-corrected chi connectivity index (χ0v) is 11.7. The van der Waals surface area contributed by atoms with Crippen LogP contribution in [0, 0.1) is 6.92 Å².